The number of nitrogens with zero attached hydrogens (tertiary/aromatic N) is 3. The molecular formula is C12H17N3O. The number of aromatic nitrogens is 2. The van der Waals surface area contributed by atoms with E-state index in [1.165, 1.54) is 0 Å². The third-order valence-corrected chi connectivity index (χ3v) is 4.02. The van der Waals surface area contributed by atoms with Gasteiger partial charge in [-0.25, -0.2) is 0 Å². The Balaban J connectivity index is 2.02. The van der Waals surface area contributed by atoms with Gasteiger partial charge < -0.3 is 10.0 Å². The fourth-order valence-corrected chi connectivity index (χ4v) is 3.14. The van der Waals surface area contributed by atoms with Crippen molar-refractivity contribution in [3.63, 3.8) is 0 Å². The molecule has 0 aromatic carbocycles. The van der Waals surface area contributed by atoms with Crippen molar-refractivity contribution in [1.82, 2.24) is 14.9 Å². The Kier molecular flexibility index (Phi) is 2.23. The maximum absolute atomic E-state index is 10.9. The van der Waals surface area contributed by atoms with E-state index in [4.69, 9.17) is 0 Å². The Morgan fingerprint density at radius 1 is 1.31 bits per heavy atom. The summed E-state index contributed by atoms with van der Waals surface area (Å²) in [6, 6.07) is 0. The van der Waals surface area contributed by atoms with Crippen LogP contribution in [-0.4, -0.2) is 39.6 Å². The number of aryl methyl sites for hydroxylation is 1. The zero-order valence-electron chi connectivity index (χ0n) is 9.56. The molecule has 4 heteroatoms. The minimum absolute atomic E-state index is 0.355. The van der Waals surface area contributed by atoms with Crippen molar-refractivity contribution >= 4 is 0 Å². The second-order valence-electron chi connectivity index (χ2n) is 4.97. The predicted octanol–water partition coefficient (Wildman–Crippen LogP) is 0.698. The van der Waals surface area contributed by atoms with Crippen molar-refractivity contribution in [1.29, 1.82) is 0 Å². The highest BCUT2D eigenvalue weighted by Crippen LogP contribution is 2.42. The van der Waals surface area contributed by atoms with Gasteiger partial charge in [0.25, 0.3) is 0 Å². The molecule has 1 aromatic rings. The molecular weight excluding hydrogens is 202 g/mol. The van der Waals surface area contributed by atoms with Gasteiger partial charge in [0.05, 0.1) is 11.4 Å². The Bertz CT molecular complexity index is 401. The SMILES string of the molecule is Cc1nccnc1C1(O)CN2CCC1CC2. The minimum atomic E-state index is -0.769. The highest BCUT2D eigenvalue weighted by molar-refractivity contribution is 5.21. The molecule has 1 unspecified atom stereocenters. The summed E-state index contributed by atoms with van der Waals surface area (Å²) in [5.41, 5.74) is 0.873. The lowest BCUT2D eigenvalue weighted by atomic mass is 9.73. The Labute approximate surface area is 95.3 Å². The zero-order valence-corrected chi connectivity index (χ0v) is 9.56. The third kappa shape index (κ3) is 1.37. The van der Waals surface area contributed by atoms with E-state index in [9.17, 15) is 5.11 Å². The average molecular weight is 219 g/mol. The second-order valence-corrected chi connectivity index (χ2v) is 4.97. The Hall–Kier alpha value is -1.00. The fraction of sp³-hybridized carbons (Fsp3) is 0.667. The summed E-state index contributed by atoms with van der Waals surface area (Å²) in [7, 11) is 0. The predicted molar refractivity (Wildman–Crippen MR) is 59.8 cm³/mol. The molecule has 3 aliphatic rings. The van der Waals surface area contributed by atoms with Crippen molar-refractivity contribution < 1.29 is 5.11 Å². The van der Waals surface area contributed by atoms with Crippen LogP contribution in [-0.2, 0) is 5.60 Å². The first-order chi connectivity index (χ1) is 7.70. The maximum Gasteiger partial charge on any atom is 0.124 e. The van der Waals surface area contributed by atoms with Gasteiger partial charge >= 0.3 is 0 Å². The van der Waals surface area contributed by atoms with Crippen LogP contribution in [0.3, 0.4) is 0 Å². The molecule has 0 spiro atoms. The van der Waals surface area contributed by atoms with Gasteiger partial charge in [0.1, 0.15) is 5.60 Å². The van der Waals surface area contributed by atoms with Crippen LogP contribution in [0, 0.1) is 12.8 Å². The molecule has 0 amide bonds. The normalized spacial score (nSPS) is 37.6. The molecule has 3 saturated heterocycles. The van der Waals surface area contributed by atoms with Gasteiger partial charge in [0.15, 0.2) is 0 Å². The molecule has 0 radical (unpaired) electrons. The lowest BCUT2D eigenvalue weighted by Crippen LogP contribution is -2.57. The minimum Gasteiger partial charge on any atom is -0.382 e. The molecule has 4 heterocycles. The zero-order chi connectivity index (χ0) is 11.2. The van der Waals surface area contributed by atoms with Crippen LogP contribution >= 0.6 is 0 Å². The molecule has 0 saturated carbocycles. The molecule has 1 N–H and O–H groups in total. The van der Waals surface area contributed by atoms with E-state index in [0.717, 1.165) is 43.9 Å². The summed E-state index contributed by atoms with van der Waals surface area (Å²) in [4.78, 5) is 10.9. The van der Waals surface area contributed by atoms with E-state index in [-0.39, 0.29) is 0 Å². The first-order valence-corrected chi connectivity index (χ1v) is 5.93. The maximum atomic E-state index is 10.9. The van der Waals surface area contributed by atoms with E-state index in [1.54, 1.807) is 12.4 Å². The molecule has 86 valence electrons. The number of aliphatic hydroxyl groups is 1. The quantitative estimate of drug-likeness (QED) is 0.755. The number of piperidine rings is 3. The van der Waals surface area contributed by atoms with E-state index in [1.807, 2.05) is 6.92 Å². The molecule has 3 fully saturated rings. The summed E-state index contributed by atoms with van der Waals surface area (Å²) in [5.74, 6) is 0.355. The van der Waals surface area contributed by atoms with Crippen LogP contribution in [0.4, 0.5) is 0 Å². The van der Waals surface area contributed by atoms with Crippen molar-refractivity contribution in [2.45, 2.75) is 25.4 Å². The number of rotatable bonds is 1. The lowest BCUT2D eigenvalue weighted by Gasteiger charge is -2.50. The standard InChI is InChI=1S/C12H17N3O/c1-9-11(14-5-4-13-9)12(16)8-15-6-2-10(12)3-7-15/h4-5,10,16H,2-3,6-8H2,1H3. The van der Waals surface area contributed by atoms with Gasteiger partial charge in [0.2, 0.25) is 0 Å². The first kappa shape index (κ1) is 10.2. The number of hydrogen-bond acceptors (Lipinski definition) is 4. The van der Waals surface area contributed by atoms with E-state index < -0.39 is 5.60 Å². The molecule has 1 aromatic heterocycles. The monoisotopic (exact) mass is 219 g/mol. The third-order valence-electron chi connectivity index (χ3n) is 4.02. The van der Waals surface area contributed by atoms with Crippen LogP contribution in [0.2, 0.25) is 0 Å². The Morgan fingerprint density at radius 3 is 2.56 bits per heavy atom. The van der Waals surface area contributed by atoms with Gasteiger partial charge in [-0.2, -0.15) is 0 Å². The number of hydrogen-bond donors (Lipinski definition) is 1. The van der Waals surface area contributed by atoms with Crippen molar-refractivity contribution in [2.75, 3.05) is 19.6 Å². The molecule has 4 rings (SSSR count). The van der Waals surface area contributed by atoms with Crippen molar-refractivity contribution in [3.8, 4) is 0 Å². The fourth-order valence-electron chi connectivity index (χ4n) is 3.14. The van der Waals surface area contributed by atoms with Gasteiger partial charge in [-0.3, -0.25) is 9.97 Å². The van der Waals surface area contributed by atoms with E-state index >= 15 is 0 Å². The van der Waals surface area contributed by atoms with Crippen LogP contribution in [0.5, 0.6) is 0 Å². The first-order valence-electron chi connectivity index (χ1n) is 5.93. The summed E-state index contributed by atoms with van der Waals surface area (Å²) in [6.07, 6.45) is 5.51. The van der Waals surface area contributed by atoms with E-state index in [2.05, 4.69) is 14.9 Å². The van der Waals surface area contributed by atoms with Gasteiger partial charge in [-0.05, 0) is 38.8 Å². The molecule has 2 bridgehead atoms. The molecule has 4 nitrogen and oxygen atoms in total. The molecule has 16 heavy (non-hydrogen) atoms. The summed E-state index contributed by atoms with van der Waals surface area (Å²) >= 11 is 0. The smallest absolute Gasteiger partial charge is 0.124 e. The highest BCUT2D eigenvalue weighted by Gasteiger charge is 2.48. The second kappa shape index (κ2) is 3.50. The van der Waals surface area contributed by atoms with Crippen LogP contribution < -0.4 is 0 Å². The summed E-state index contributed by atoms with van der Waals surface area (Å²) < 4.78 is 0. The lowest BCUT2D eigenvalue weighted by molar-refractivity contribution is -0.121. The van der Waals surface area contributed by atoms with Crippen LogP contribution in [0.1, 0.15) is 24.2 Å². The van der Waals surface area contributed by atoms with Gasteiger partial charge in [0, 0.05) is 18.9 Å². The Morgan fingerprint density at radius 2 is 2.00 bits per heavy atom. The molecule has 0 aliphatic carbocycles. The largest absolute Gasteiger partial charge is 0.382 e. The van der Waals surface area contributed by atoms with E-state index in [0.29, 0.717) is 5.92 Å². The number of fused-ring (bicyclic) bond motifs is 3. The van der Waals surface area contributed by atoms with Gasteiger partial charge in [-0.1, -0.05) is 0 Å². The van der Waals surface area contributed by atoms with Crippen molar-refractivity contribution in [2.24, 2.45) is 5.92 Å². The molecule has 1 atom stereocenters. The average Bonchev–Trinajstić information content (AvgIpc) is 2.30. The van der Waals surface area contributed by atoms with Crippen LogP contribution in [0.25, 0.3) is 0 Å². The highest BCUT2D eigenvalue weighted by atomic mass is 16.3. The summed E-state index contributed by atoms with van der Waals surface area (Å²) in [6.45, 7) is 4.88. The summed E-state index contributed by atoms with van der Waals surface area (Å²) in [5, 5.41) is 10.9. The van der Waals surface area contributed by atoms with Crippen LogP contribution in [0.15, 0.2) is 12.4 Å². The topological polar surface area (TPSA) is 49.3 Å². The van der Waals surface area contributed by atoms with Gasteiger partial charge in [-0.15, -0.1) is 0 Å². The molecule has 3 aliphatic heterocycles. The van der Waals surface area contributed by atoms with Crippen molar-refractivity contribution in [3.05, 3.63) is 23.8 Å².